The quantitative estimate of drug-likeness (QED) is 0.657. The molecule has 0 saturated heterocycles. The molecule has 0 radical (unpaired) electrons. The molecule has 1 aliphatic rings. The van der Waals surface area contributed by atoms with Gasteiger partial charge in [-0.05, 0) is 25.0 Å². The minimum Gasteiger partial charge on any atom is -0.351 e. The Bertz CT molecular complexity index is 396. The summed E-state index contributed by atoms with van der Waals surface area (Å²) in [5.41, 5.74) is 6.11. The van der Waals surface area contributed by atoms with Crippen LogP contribution in [0, 0.1) is 0 Å². The summed E-state index contributed by atoms with van der Waals surface area (Å²) in [5, 5.41) is 3.09. The van der Waals surface area contributed by atoms with Crippen molar-refractivity contribution in [3.8, 4) is 0 Å². The summed E-state index contributed by atoms with van der Waals surface area (Å²) >= 11 is 1.57. The summed E-state index contributed by atoms with van der Waals surface area (Å²) in [6, 6.07) is 10.3. The maximum atomic E-state index is 12.0. The number of rotatable bonds is 4. The first kappa shape index (κ1) is 14.4. The van der Waals surface area contributed by atoms with Gasteiger partial charge < -0.3 is 11.1 Å². The molecule has 0 bridgehead atoms. The van der Waals surface area contributed by atoms with Gasteiger partial charge in [0, 0.05) is 17.0 Å². The van der Waals surface area contributed by atoms with Gasteiger partial charge in [-0.1, -0.05) is 37.5 Å². The van der Waals surface area contributed by atoms with Crippen LogP contribution < -0.4 is 11.1 Å². The molecule has 3 N–H and O–H groups in total. The highest BCUT2D eigenvalue weighted by atomic mass is 32.2. The fourth-order valence-corrected chi connectivity index (χ4v) is 3.16. The second kappa shape index (κ2) is 7.56. The second-order valence-electron chi connectivity index (χ2n) is 5.08. The Hall–Kier alpha value is -1.00. The number of carbonyl (C=O) groups is 1. The summed E-state index contributed by atoms with van der Waals surface area (Å²) in [4.78, 5) is 13.1. The summed E-state index contributed by atoms with van der Waals surface area (Å²) in [6.45, 7) is 0. The zero-order valence-corrected chi connectivity index (χ0v) is 12.0. The molecule has 19 heavy (non-hydrogen) atoms. The van der Waals surface area contributed by atoms with Gasteiger partial charge in [-0.3, -0.25) is 4.79 Å². The van der Waals surface area contributed by atoms with E-state index >= 15 is 0 Å². The average Bonchev–Trinajstić information content (AvgIpc) is 2.63. The maximum absolute atomic E-state index is 12.0. The number of hydrogen-bond donors (Lipinski definition) is 2. The van der Waals surface area contributed by atoms with E-state index in [0.717, 1.165) is 17.7 Å². The topological polar surface area (TPSA) is 55.1 Å². The van der Waals surface area contributed by atoms with Crippen LogP contribution in [-0.4, -0.2) is 23.7 Å². The average molecular weight is 278 g/mol. The largest absolute Gasteiger partial charge is 0.351 e. The lowest BCUT2D eigenvalue weighted by Crippen LogP contribution is -2.47. The molecule has 4 heteroatoms. The Morgan fingerprint density at radius 2 is 1.95 bits per heavy atom. The van der Waals surface area contributed by atoms with Crippen LogP contribution in [0.5, 0.6) is 0 Å². The second-order valence-corrected chi connectivity index (χ2v) is 6.13. The fraction of sp³-hybridized carbons (Fsp3) is 0.533. The highest BCUT2D eigenvalue weighted by Gasteiger charge is 2.21. The van der Waals surface area contributed by atoms with Crippen molar-refractivity contribution in [1.82, 2.24) is 5.32 Å². The van der Waals surface area contributed by atoms with Gasteiger partial charge in [-0.2, -0.15) is 0 Å². The van der Waals surface area contributed by atoms with Crippen LogP contribution in [0.2, 0.25) is 0 Å². The van der Waals surface area contributed by atoms with E-state index in [2.05, 4.69) is 5.32 Å². The number of benzene rings is 1. The SMILES string of the molecule is NC1CCCCCC1NC(=O)CSc1ccccc1. The molecule has 0 aliphatic heterocycles. The first-order chi connectivity index (χ1) is 9.25. The fourth-order valence-electron chi connectivity index (χ4n) is 2.43. The first-order valence-corrected chi connectivity index (χ1v) is 7.97. The Labute approximate surface area is 119 Å². The molecular formula is C15H22N2OS. The number of nitrogens with two attached hydrogens (primary N) is 1. The Kier molecular flexibility index (Phi) is 5.73. The maximum Gasteiger partial charge on any atom is 0.230 e. The van der Waals surface area contributed by atoms with E-state index in [1.165, 1.54) is 19.3 Å². The zero-order valence-electron chi connectivity index (χ0n) is 11.2. The molecule has 1 aromatic carbocycles. The third kappa shape index (κ3) is 4.88. The Morgan fingerprint density at radius 1 is 1.21 bits per heavy atom. The summed E-state index contributed by atoms with van der Waals surface area (Å²) < 4.78 is 0. The van der Waals surface area contributed by atoms with Gasteiger partial charge in [0.25, 0.3) is 0 Å². The van der Waals surface area contributed by atoms with Crippen molar-refractivity contribution >= 4 is 17.7 Å². The van der Waals surface area contributed by atoms with Gasteiger partial charge in [0.1, 0.15) is 0 Å². The molecule has 2 rings (SSSR count). The third-order valence-corrected chi connectivity index (χ3v) is 4.54. The zero-order chi connectivity index (χ0) is 13.5. The third-order valence-electron chi connectivity index (χ3n) is 3.53. The van der Waals surface area contributed by atoms with Crippen LogP contribution in [0.4, 0.5) is 0 Å². The molecule has 0 spiro atoms. The van der Waals surface area contributed by atoms with E-state index in [1.54, 1.807) is 11.8 Å². The van der Waals surface area contributed by atoms with E-state index in [1.807, 2.05) is 30.3 Å². The predicted octanol–water partition coefficient (Wildman–Crippen LogP) is 2.55. The van der Waals surface area contributed by atoms with Crippen molar-refractivity contribution in [2.45, 2.75) is 49.1 Å². The predicted molar refractivity (Wildman–Crippen MR) is 80.2 cm³/mol. The van der Waals surface area contributed by atoms with E-state index in [9.17, 15) is 4.79 Å². The van der Waals surface area contributed by atoms with Gasteiger partial charge in [-0.25, -0.2) is 0 Å². The molecule has 1 aromatic rings. The molecule has 0 heterocycles. The first-order valence-electron chi connectivity index (χ1n) is 6.98. The van der Waals surface area contributed by atoms with Gasteiger partial charge >= 0.3 is 0 Å². The lowest BCUT2D eigenvalue weighted by atomic mass is 10.0. The Balaban J connectivity index is 1.77. The minimum absolute atomic E-state index is 0.0937. The van der Waals surface area contributed by atoms with Crippen LogP contribution in [0.25, 0.3) is 0 Å². The molecule has 3 nitrogen and oxygen atoms in total. The summed E-state index contributed by atoms with van der Waals surface area (Å²) in [5.74, 6) is 0.559. The number of thioether (sulfide) groups is 1. The van der Waals surface area contributed by atoms with E-state index in [4.69, 9.17) is 5.73 Å². The van der Waals surface area contributed by atoms with Gasteiger partial charge in [0.05, 0.1) is 5.75 Å². The van der Waals surface area contributed by atoms with E-state index in [0.29, 0.717) is 5.75 Å². The molecule has 1 fully saturated rings. The van der Waals surface area contributed by atoms with Crippen LogP contribution >= 0.6 is 11.8 Å². The number of carbonyl (C=O) groups excluding carboxylic acids is 1. The highest BCUT2D eigenvalue weighted by Crippen LogP contribution is 2.19. The lowest BCUT2D eigenvalue weighted by molar-refractivity contribution is -0.119. The molecule has 2 unspecified atom stereocenters. The normalized spacial score (nSPS) is 23.6. The standard InChI is InChI=1S/C15H22N2OS/c16-13-9-5-2-6-10-14(13)17-15(18)11-19-12-7-3-1-4-8-12/h1,3-4,7-8,13-14H,2,5-6,9-11,16H2,(H,17,18). The molecule has 1 amide bonds. The van der Waals surface area contributed by atoms with Crippen molar-refractivity contribution in [3.63, 3.8) is 0 Å². The van der Waals surface area contributed by atoms with Crippen molar-refractivity contribution in [2.75, 3.05) is 5.75 Å². The number of amides is 1. The van der Waals surface area contributed by atoms with Crippen molar-refractivity contribution in [2.24, 2.45) is 5.73 Å². The van der Waals surface area contributed by atoms with Gasteiger partial charge in [-0.15, -0.1) is 11.8 Å². The molecule has 104 valence electrons. The monoisotopic (exact) mass is 278 g/mol. The van der Waals surface area contributed by atoms with Crippen molar-refractivity contribution < 1.29 is 4.79 Å². The summed E-state index contributed by atoms with van der Waals surface area (Å²) in [6.07, 6.45) is 5.63. The van der Waals surface area contributed by atoms with Gasteiger partial charge in [0.15, 0.2) is 0 Å². The smallest absolute Gasteiger partial charge is 0.230 e. The van der Waals surface area contributed by atoms with E-state index < -0.39 is 0 Å². The van der Waals surface area contributed by atoms with Crippen LogP contribution in [0.3, 0.4) is 0 Å². The number of hydrogen-bond acceptors (Lipinski definition) is 3. The minimum atomic E-state index is 0.0937. The molecule has 1 saturated carbocycles. The summed E-state index contributed by atoms with van der Waals surface area (Å²) in [7, 11) is 0. The van der Waals surface area contributed by atoms with Crippen LogP contribution in [0.1, 0.15) is 32.1 Å². The van der Waals surface area contributed by atoms with Crippen molar-refractivity contribution in [3.05, 3.63) is 30.3 Å². The molecule has 1 aliphatic carbocycles. The molecule has 2 atom stereocenters. The lowest BCUT2D eigenvalue weighted by Gasteiger charge is -2.22. The Morgan fingerprint density at radius 3 is 2.74 bits per heavy atom. The van der Waals surface area contributed by atoms with E-state index in [-0.39, 0.29) is 18.0 Å². The van der Waals surface area contributed by atoms with Gasteiger partial charge in [0.2, 0.25) is 5.91 Å². The molecular weight excluding hydrogens is 256 g/mol. The molecule has 0 aromatic heterocycles. The number of nitrogens with one attached hydrogen (secondary N) is 1. The highest BCUT2D eigenvalue weighted by molar-refractivity contribution is 8.00. The van der Waals surface area contributed by atoms with Crippen LogP contribution in [-0.2, 0) is 4.79 Å². The van der Waals surface area contributed by atoms with Crippen LogP contribution in [0.15, 0.2) is 35.2 Å². The van der Waals surface area contributed by atoms with Crippen molar-refractivity contribution in [1.29, 1.82) is 0 Å².